The van der Waals surface area contributed by atoms with E-state index in [2.05, 4.69) is 10.3 Å². The fraction of sp³-hybridized carbons (Fsp3) is 0.300. The SMILES string of the molecule is COc1cccc(C2(Cc3cc(OC)c(OC)c(OC)c3)N=C(N)NC2=O)c1. The van der Waals surface area contributed by atoms with Crippen LogP contribution in [-0.4, -0.2) is 40.3 Å². The second kappa shape index (κ2) is 7.67. The topological polar surface area (TPSA) is 104 Å². The number of benzene rings is 2. The van der Waals surface area contributed by atoms with Crippen LogP contribution in [0.4, 0.5) is 0 Å². The first-order chi connectivity index (χ1) is 13.5. The number of carbonyl (C=O) groups is 1. The molecule has 0 fully saturated rings. The minimum absolute atomic E-state index is 0.0697. The molecule has 1 atom stereocenters. The van der Waals surface area contributed by atoms with Crippen LogP contribution < -0.4 is 30.0 Å². The van der Waals surface area contributed by atoms with E-state index < -0.39 is 5.54 Å². The van der Waals surface area contributed by atoms with Gasteiger partial charge in [0.15, 0.2) is 23.0 Å². The summed E-state index contributed by atoms with van der Waals surface area (Å²) in [7, 11) is 6.18. The minimum atomic E-state index is -1.23. The summed E-state index contributed by atoms with van der Waals surface area (Å²) in [5.41, 5.74) is 6.04. The number of carbonyl (C=O) groups excluding carboxylic acids is 1. The van der Waals surface area contributed by atoms with Crippen LogP contribution in [0.2, 0.25) is 0 Å². The van der Waals surface area contributed by atoms with Gasteiger partial charge in [-0.2, -0.15) is 0 Å². The molecule has 8 heteroatoms. The van der Waals surface area contributed by atoms with E-state index in [1.54, 1.807) is 31.4 Å². The number of nitrogens with one attached hydrogen (secondary N) is 1. The second-order valence-corrected chi connectivity index (χ2v) is 6.25. The third-order valence-corrected chi connectivity index (χ3v) is 4.66. The van der Waals surface area contributed by atoms with Gasteiger partial charge in [0.25, 0.3) is 5.91 Å². The monoisotopic (exact) mass is 385 g/mol. The quantitative estimate of drug-likeness (QED) is 0.750. The predicted octanol–water partition coefficient (Wildman–Crippen LogP) is 1.60. The predicted molar refractivity (Wildman–Crippen MR) is 104 cm³/mol. The van der Waals surface area contributed by atoms with Gasteiger partial charge in [0.2, 0.25) is 5.75 Å². The maximum atomic E-state index is 12.9. The van der Waals surface area contributed by atoms with Crippen LogP contribution in [0.3, 0.4) is 0 Å². The number of hydrogen-bond donors (Lipinski definition) is 2. The third kappa shape index (κ3) is 3.28. The fourth-order valence-corrected chi connectivity index (χ4v) is 3.33. The summed E-state index contributed by atoms with van der Waals surface area (Å²) < 4.78 is 21.5. The van der Waals surface area contributed by atoms with Crippen molar-refractivity contribution in [3.8, 4) is 23.0 Å². The van der Waals surface area contributed by atoms with Crippen molar-refractivity contribution in [3.63, 3.8) is 0 Å². The lowest BCUT2D eigenvalue weighted by Gasteiger charge is -2.25. The summed E-state index contributed by atoms with van der Waals surface area (Å²) in [6.07, 6.45) is 0.239. The molecule has 148 valence electrons. The zero-order chi connectivity index (χ0) is 20.3. The van der Waals surface area contributed by atoms with E-state index >= 15 is 0 Å². The van der Waals surface area contributed by atoms with E-state index in [9.17, 15) is 4.79 Å². The van der Waals surface area contributed by atoms with Gasteiger partial charge in [-0.15, -0.1) is 0 Å². The van der Waals surface area contributed by atoms with E-state index in [0.717, 1.165) is 5.56 Å². The maximum Gasteiger partial charge on any atom is 0.259 e. The van der Waals surface area contributed by atoms with Crippen molar-refractivity contribution in [2.24, 2.45) is 10.7 Å². The summed E-state index contributed by atoms with van der Waals surface area (Å²) in [4.78, 5) is 17.4. The van der Waals surface area contributed by atoms with Crippen LogP contribution in [-0.2, 0) is 16.8 Å². The molecule has 1 aliphatic heterocycles. The Morgan fingerprint density at radius 2 is 1.68 bits per heavy atom. The fourth-order valence-electron chi connectivity index (χ4n) is 3.33. The number of rotatable bonds is 7. The van der Waals surface area contributed by atoms with Crippen molar-refractivity contribution < 1.29 is 23.7 Å². The summed E-state index contributed by atoms with van der Waals surface area (Å²) in [6.45, 7) is 0. The lowest BCUT2D eigenvalue weighted by Crippen LogP contribution is -2.40. The molecule has 0 aliphatic carbocycles. The Balaban J connectivity index is 2.13. The molecule has 3 rings (SSSR count). The van der Waals surface area contributed by atoms with Crippen molar-refractivity contribution in [3.05, 3.63) is 47.5 Å². The number of hydrogen-bond acceptors (Lipinski definition) is 7. The zero-order valence-electron chi connectivity index (χ0n) is 16.2. The van der Waals surface area contributed by atoms with Gasteiger partial charge in [-0.3, -0.25) is 10.1 Å². The highest BCUT2D eigenvalue weighted by molar-refractivity contribution is 6.07. The van der Waals surface area contributed by atoms with Crippen molar-refractivity contribution >= 4 is 11.9 Å². The zero-order valence-corrected chi connectivity index (χ0v) is 16.2. The molecule has 0 bridgehead atoms. The number of nitrogens with two attached hydrogens (primary N) is 1. The van der Waals surface area contributed by atoms with Gasteiger partial charge in [0.1, 0.15) is 5.75 Å². The molecule has 2 aromatic carbocycles. The molecule has 1 amide bonds. The molecule has 0 saturated heterocycles. The highest BCUT2D eigenvalue weighted by Gasteiger charge is 2.45. The molecule has 8 nitrogen and oxygen atoms in total. The van der Waals surface area contributed by atoms with Crippen molar-refractivity contribution in [1.82, 2.24) is 5.32 Å². The van der Waals surface area contributed by atoms with Gasteiger partial charge in [-0.1, -0.05) is 12.1 Å². The first-order valence-corrected chi connectivity index (χ1v) is 8.57. The normalized spacial score (nSPS) is 18.3. The standard InChI is InChI=1S/C20H23N3O5/c1-25-14-7-5-6-13(10-14)20(18(24)22-19(21)23-20)11-12-8-15(26-2)17(28-4)16(9-12)27-3/h5-10H,11H2,1-4H3,(H3,21,22,23,24). The Hall–Kier alpha value is -3.42. The smallest absolute Gasteiger partial charge is 0.259 e. The Morgan fingerprint density at radius 3 is 2.18 bits per heavy atom. The molecule has 0 saturated carbocycles. The molecule has 0 aromatic heterocycles. The van der Waals surface area contributed by atoms with Crippen LogP contribution in [0.15, 0.2) is 41.4 Å². The first kappa shape index (κ1) is 19.3. The Kier molecular flexibility index (Phi) is 5.30. The Bertz CT molecular complexity index is 903. The summed E-state index contributed by atoms with van der Waals surface area (Å²) in [5.74, 6) is 1.84. The van der Waals surface area contributed by atoms with Crippen molar-refractivity contribution in [2.45, 2.75) is 12.0 Å². The lowest BCUT2D eigenvalue weighted by molar-refractivity contribution is -0.124. The molecular formula is C20H23N3O5. The number of aliphatic imine (C=N–C) groups is 1. The Morgan fingerprint density at radius 1 is 1.00 bits per heavy atom. The van der Waals surface area contributed by atoms with Gasteiger partial charge < -0.3 is 24.7 Å². The number of nitrogens with zero attached hydrogens (tertiary/aromatic N) is 1. The number of guanidine groups is 1. The molecule has 0 spiro atoms. The minimum Gasteiger partial charge on any atom is -0.497 e. The van der Waals surface area contributed by atoms with Crippen molar-refractivity contribution in [1.29, 1.82) is 0 Å². The van der Waals surface area contributed by atoms with Crippen molar-refractivity contribution in [2.75, 3.05) is 28.4 Å². The van der Waals surface area contributed by atoms with E-state index in [0.29, 0.717) is 28.6 Å². The number of methoxy groups -OCH3 is 4. The number of ether oxygens (including phenoxy) is 4. The molecular weight excluding hydrogens is 362 g/mol. The van der Waals surface area contributed by atoms with Gasteiger partial charge in [0.05, 0.1) is 28.4 Å². The third-order valence-electron chi connectivity index (χ3n) is 4.66. The van der Waals surface area contributed by atoms with Gasteiger partial charge in [-0.05, 0) is 35.4 Å². The van der Waals surface area contributed by atoms with Crippen LogP contribution in [0.25, 0.3) is 0 Å². The second-order valence-electron chi connectivity index (χ2n) is 6.25. The number of amides is 1. The first-order valence-electron chi connectivity index (χ1n) is 8.57. The lowest BCUT2D eigenvalue weighted by atomic mass is 9.83. The largest absolute Gasteiger partial charge is 0.497 e. The Labute approximate surface area is 163 Å². The molecule has 0 radical (unpaired) electrons. The molecule has 1 unspecified atom stereocenters. The molecule has 2 aromatic rings. The van der Waals surface area contributed by atoms with E-state index in [4.69, 9.17) is 24.7 Å². The average molecular weight is 385 g/mol. The highest BCUT2D eigenvalue weighted by atomic mass is 16.5. The van der Waals surface area contributed by atoms with Gasteiger partial charge >= 0.3 is 0 Å². The maximum absolute atomic E-state index is 12.9. The van der Waals surface area contributed by atoms with Crippen LogP contribution >= 0.6 is 0 Å². The average Bonchev–Trinajstić information content (AvgIpc) is 3.00. The summed E-state index contributed by atoms with van der Waals surface area (Å²) in [5, 5.41) is 2.60. The molecule has 3 N–H and O–H groups in total. The summed E-state index contributed by atoms with van der Waals surface area (Å²) in [6, 6.07) is 10.8. The van der Waals surface area contributed by atoms with Gasteiger partial charge in [0, 0.05) is 6.42 Å². The van der Waals surface area contributed by atoms with Gasteiger partial charge in [-0.25, -0.2) is 4.99 Å². The van der Waals surface area contributed by atoms with Crippen LogP contribution in [0.1, 0.15) is 11.1 Å². The van der Waals surface area contributed by atoms with Crippen LogP contribution in [0, 0.1) is 0 Å². The van der Waals surface area contributed by atoms with E-state index in [1.807, 2.05) is 12.1 Å². The molecule has 28 heavy (non-hydrogen) atoms. The van der Waals surface area contributed by atoms with E-state index in [-0.39, 0.29) is 18.3 Å². The molecule has 1 aliphatic rings. The highest BCUT2D eigenvalue weighted by Crippen LogP contribution is 2.41. The summed E-state index contributed by atoms with van der Waals surface area (Å²) >= 11 is 0. The van der Waals surface area contributed by atoms with E-state index in [1.165, 1.54) is 21.3 Å². The molecule has 1 heterocycles. The van der Waals surface area contributed by atoms with Crippen LogP contribution in [0.5, 0.6) is 23.0 Å².